The van der Waals surface area contributed by atoms with Gasteiger partial charge in [0.25, 0.3) is 5.91 Å². The summed E-state index contributed by atoms with van der Waals surface area (Å²) in [6.45, 7) is 3.81. The van der Waals surface area contributed by atoms with Gasteiger partial charge < -0.3 is 15.4 Å². The van der Waals surface area contributed by atoms with Gasteiger partial charge in [0.05, 0.1) is 12.1 Å². The zero-order valence-corrected chi connectivity index (χ0v) is 18.2. The maximum Gasteiger partial charge on any atom is 0.262 e. The minimum atomic E-state index is -0.291. The molecule has 1 fully saturated rings. The van der Waals surface area contributed by atoms with Crippen LogP contribution in [0.4, 0.5) is 5.69 Å². The number of hydrogen-bond acceptors (Lipinski definition) is 5. The molecule has 0 bridgehead atoms. The number of nitrogens with one attached hydrogen (secondary N) is 2. The first-order chi connectivity index (χ1) is 15.5. The van der Waals surface area contributed by atoms with Gasteiger partial charge >= 0.3 is 0 Å². The summed E-state index contributed by atoms with van der Waals surface area (Å²) >= 11 is 0. The lowest BCUT2D eigenvalue weighted by molar-refractivity contribution is -0.120. The van der Waals surface area contributed by atoms with Crippen molar-refractivity contribution in [3.05, 3.63) is 71.4 Å². The first-order valence-corrected chi connectivity index (χ1v) is 10.7. The van der Waals surface area contributed by atoms with Gasteiger partial charge in [-0.15, -0.1) is 0 Å². The SMILES string of the molecule is Cc1ccc(NC(=O)COc2cc(CC(=O)NC3CC3)nc(-c3ccccc3)n2)cc1C. The average Bonchev–Trinajstić information content (AvgIpc) is 3.59. The normalized spacial score (nSPS) is 12.8. The molecule has 1 aliphatic carbocycles. The summed E-state index contributed by atoms with van der Waals surface area (Å²) < 4.78 is 5.68. The van der Waals surface area contributed by atoms with Gasteiger partial charge in [-0.05, 0) is 49.9 Å². The van der Waals surface area contributed by atoms with Gasteiger partial charge in [-0.3, -0.25) is 9.59 Å². The first-order valence-electron chi connectivity index (χ1n) is 10.7. The standard InChI is InChI=1S/C25H26N4O3/c1-16-8-9-20(12-17(16)2)27-23(31)15-32-24-14-21(13-22(30)26-19-10-11-19)28-25(29-24)18-6-4-3-5-7-18/h3-9,12,14,19H,10-11,13,15H2,1-2H3,(H,26,30)(H,27,31). The molecule has 0 radical (unpaired) electrons. The zero-order valence-electron chi connectivity index (χ0n) is 18.2. The lowest BCUT2D eigenvalue weighted by atomic mass is 10.1. The minimum Gasteiger partial charge on any atom is -0.467 e. The number of nitrogens with zero attached hydrogens (tertiary/aromatic N) is 2. The number of aryl methyl sites for hydroxylation is 2. The van der Waals surface area contributed by atoms with Crippen LogP contribution in [0.25, 0.3) is 11.4 Å². The lowest BCUT2D eigenvalue weighted by Gasteiger charge is -2.11. The number of ether oxygens (including phenoxy) is 1. The van der Waals surface area contributed by atoms with Crippen LogP contribution in [0.5, 0.6) is 5.88 Å². The second-order valence-electron chi connectivity index (χ2n) is 8.04. The molecule has 1 heterocycles. The molecule has 0 spiro atoms. The number of hydrogen-bond donors (Lipinski definition) is 2. The molecule has 0 atom stereocenters. The van der Waals surface area contributed by atoms with Gasteiger partial charge in [-0.1, -0.05) is 36.4 Å². The molecule has 7 nitrogen and oxygen atoms in total. The summed E-state index contributed by atoms with van der Waals surface area (Å²) in [6, 6.07) is 17.1. The van der Waals surface area contributed by atoms with Crippen molar-refractivity contribution in [3.63, 3.8) is 0 Å². The molecular weight excluding hydrogens is 404 g/mol. The lowest BCUT2D eigenvalue weighted by Crippen LogP contribution is -2.27. The zero-order chi connectivity index (χ0) is 22.5. The van der Waals surface area contributed by atoms with Crippen LogP contribution >= 0.6 is 0 Å². The molecule has 164 valence electrons. The topological polar surface area (TPSA) is 93.2 Å². The third-order valence-corrected chi connectivity index (χ3v) is 5.21. The van der Waals surface area contributed by atoms with Gasteiger partial charge in [0.1, 0.15) is 0 Å². The van der Waals surface area contributed by atoms with Crippen molar-refractivity contribution in [1.82, 2.24) is 15.3 Å². The Morgan fingerprint density at radius 3 is 2.47 bits per heavy atom. The molecule has 0 aliphatic heterocycles. The van der Waals surface area contributed by atoms with Crippen LogP contribution < -0.4 is 15.4 Å². The molecule has 4 rings (SSSR count). The summed E-state index contributed by atoms with van der Waals surface area (Å²) in [4.78, 5) is 33.6. The largest absolute Gasteiger partial charge is 0.467 e. The Balaban J connectivity index is 1.47. The molecule has 2 amide bonds. The molecule has 2 N–H and O–H groups in total. The number of benzene rings is 2. The van der Waals surface area contributed by atoms with Crippen molar-refractivity contribution in [2.24, 2.45) is 0 Å². The molecule has 3 aromatic rings. The fourth-order valence-electron chi connectivity index (χ4n) is 3.18. The second-order valence-corrected chi connectivity index (χ2v) is 8.04. The summed E-state index contributed by atoms with van der Waals surface area (Å²) in [7, 11) is 0. The Hall–Kier alpha value is -3.74. The van der Waals surface area contributed by atoms with Crippen molar-refractivity contribution < 1.29 is 14.3 Å². The van der Waals surface area contributed by atoms with E-state index in [1.807, 2.05) is 62.4 Å². The second kappa shape index (κ2) is 9.60. The maximum absolute atomic E-state index is 12.4. The van der Waals surface area contributed by atoms with E-state index in [0.717, 1.165) is 29.5 Å². The quantitative estimate of drug-likeness (QED) is 0.570. The van der Waals surface area contributed by atoms with E-state index >= 15 is 0 Å². The van der Waals surface area contributed by atoms with Gasteiger partial charge in [-0.25, -0.2) is 4.98 Å². The molecule has 1 saturated carbocycles. The number of carbonyl (C=O) groups is 2. The first kappa shape index (κ1) is 21.5. The third-order valence-electron chi connectivity index (χ3n) is 5.21. The predicted octanol–water partition coefficient (Wildman–Crippen LogP) is 3.60. The van der Waals surface area contributed by atoms with Gasteiger partial charge in [-0.2, -0.15) is 4.98 Å². The van der Waals surface area contributed by atoms with Crippen molar-refractivity contribution in [2.45, 2.75) is 39.2 Å². The number of rotatable bonds is 8. The molecule has 7 heteroatoms. The Labute approximate surface area is 187 Å². The fourth-order valence-corrected chi connectivity index (χ4v) is 3.18. The summed E-state index contributed by atoms with van der Waals surface area (Å²) in [6.07, 6.45) is 2.17. The smallest absolute Gasteiger partial charge is 0.262 e. The van der Waals surface area contributed by atoms with Crippen LogP contribution in [0.15, 0.2) is 54.6 Å². The van der Waals surface area contributed by atoms with E-state index in [-0.39, 0.29) is 36.8 Å². The highest BCUT2D eigenvalue weighted by Gasteiger charge is 2.23. The molecule has 0 saturated heterocycles. The van der Waals surface area contributed by atoms with E-state index < -0.39 is 0 Å². The van der Waals surface area contributed by atoms with Crippen LogP contribution in [0.2, 0.25) is 0 Å². The van der Waals surface area contributed by atoms with Crippen LogP contribution in [0.3, 0.4) is 0 Å². The predicted molar refractivity (Wildman–Crippen MR) is 122 cm³/mol. The monoisotopic (exact) mass is 430 g/mol. The van der Waals surface area contributed by atoms with Crippen molar-refractivity contribution >= 4 is 17.5 Å². The van der Waals surface area contributed by atoms with Crippen LogP contribution in [0, 0.1) is 13.8 Å². The summed E-state index contributed by atoms with van der Waals surface area (Å²) in [5.74, 6) is 0.333. The minimum absolute atomic E-state index is 0.0800. The van der Waals surface area contributed by atoms with E-state index in [4.69, 9.17) is 4.74 Å². The molecule has 0 unspecified atom stereocenters. The van der Waals surface area contributed by atoms with Crippen molar-refractivity contribution in [2.75, 3.05) is 11.9 Å². The third kappa shape index (κ3) is 5.91. The highest BCUT2D eigenvalue weighted by atomic mass is 16.5. The molecular formula is C25H26N4O3. The Morgan fingerprint density at radius 2 is 1.75 bits per heavy atom. The Kier molecular flexibility index (Phi) is 6.44. The van der Waals surface area contributed by atoms with E-state index in [9.17, 15) is 9.59 Å². The number of anilines is 1. The van der Waals surface area contributed by atoms with Gasteiger partial charge in [0.2, 0.25) is 11.8 Å². The highest BCUT2D eigenvalue weighted by molar-refractivity contribution is 5.92. The van der Waals surface area contributed by atoms with Gasteiger partial charge in [0, 0.05) is 23.4 Å². The number of aromatic nitrogens is 2. The number of carbonyl (C=O) groups excluding carboxylic acids is 2. The Morgan fingerprint density at radius 1 is 0.969 bits per heavy atom. The molecule has 32 heavy (non-hydrogen) atoms. The molecule has 1 aromatic heterocycles. The van der Waals surface area contributed by atoms with E-state index in [0.29, 0.717) is 17.2 Å². The summed E-state index contributed by atoms with van der Waals surface area (Å²) in [5, 5.41) is 5.79. The van der Waals surface area contributed by atoms with Crippen molar-refractivity contribution in [3.8, 4) is 17.3 Å². The Bertz CT molecular complexity index is 1130. The number of amides is 2. The van der Waals surface area contributed by atoms with E-state index in [1.165, 1.54) is 0 Å². The average molecular weight is 431 g/mol. The molecule has 2 aromatic carbocycles. The molecule has 1 aliphatic rings. The maximum atomic E-state index is 12.4. The van der Waals surface area contributed by atoms with Crippen LogP contribution in [-0.4, -0.2) is 34.4 Å². The van der Waals surface area contributed by atoms with E-state index in [2.05, 4.69) is 20.6 Å². The van der Waals surface area contributed by atoms with Gasteiger partial charge in [0.15, 0.2) is 12.4 Å². The van der Waals surface area contributed by atoms with Crippen molar-refractivity contribution in [1.29, 1.82) is 0 Å². The van der Waals surface area contributed by atoms with Crippen LogP contribution in [0.1, 0.15) is 29.7 Å². The van der Waals surface area contributed by atoms with Crippen LogP contribution in [-0.2, 0) is 16.0 Å². The van der Waals surface area contributed by atoms with E-state index in [1.54, 1.807) is 6.07 Å². The summed E-state index contributed by atoms with van der Waals surface area (Å²) in [5.41, 5.74) is 4.32. The fraction of sp³-hybridized carbons (Fsp3) is 0.280. The highest BCUT2D eigenvalue weighted by Crippen LogP contribution is 2.21.